The Hall–Kier alpha value is -0.640. The van der Waals surface area contributed by atoms with E-state index in [-0.39, 0.29) is 25.7 Å². The molecule has 0 saturated carbocycles. The van der Waals surface area contributed by atoms with Gasteiger partial charge in [-0.15, -0.1) is 0 Å². The molecule has 1 aliphatic carbocycles. The normalized spacial score (nSPS) is 18.8. The Morgan fingerprint density at radius 3 is 2.58 bits per heavy atom. The minimum Gasteiger partial charge on any atom is -0.394 e. The van der Waals surface area contributed by atoms with Gasteiger partial charge < -0.3 is 14.9 Å². The van der Waals surface area contributed by atoms with E-state index in [0.717, 1.165) is 0 Å². The summed E-state index contributed by atoms with van der Waals surface area (Å²) in [6, 6.07) is 0. The van der Waals surface area contributed by atoms with Crippen molar-refractivity contribution in [2.24, 2.45) is 5.92 Å². The average molecular weight is 170 g/mol. The molecule has 0 aromatic carbocycles. The average Bonchev–Trinajstić information content (AvgIpc) is 2.56. The predicted octanol–water partition coefficient (Wildman–Crippen LogP) is 0.0984. The van der Waals surface area contributed by atoms with Crippen molar-refractivity contribution in [1.82, 2.24) is 0 Å². The molecule has 3 nitrogen and oxygen atoms in total. The van der Waals surface area contributed by atoms with Crippen molar-refractivity contribution in [3.63, 3.8) is 0 Å². The first-order valence-electron chi connectivity index (χ1n) is 4.06. The third-order valence-electron chi connectivity index (χ3n) is 1.75. The van der Waals surface area contributed by atoms with Crippen molar-refractivity contribution in [3.8, 4) is 0 Å². The summed E-state index contributed by atoms with van der Waals surface area (Å²) < 4.78 is 4.99. The second-order valence-corrected chi connectivity index (χ2v) is 2.71. The fourth-order valence-corrected chi connectivity index (χ4v) is 1.09. The first-order valence-corrected chi connectivity index (χ1v) is 4.06. The zero-order valence-electron chi connectivity index (χ0n) is 6.89. The van der Waals surface area contributed by atoms with Crippen LogP contribution in [0.15, 0.2) is 24.3 Å². The summed E-state index contributed by atoms with van der Waals surface area (Å²) in [7, 11) is 0. The smallest absolute Gasteiger partial charge is 0.0870 e. The van der Waals surface area contributed by atoms with Gasteiger partial charge in [-0.25, -0.2) is 0 Å². The molecule has 0 radical (unpaired) electrons. The number of aliphatic hydroxyl groups is 2. The molecule has 1 unspecified atom stereocenters. The number of hydrogen-bond donors (Lipinski definition) is 2. The topological polar surface area (TPSA) is 49.7 Å². The van der Waals surface area contributed by atoms with Crippen molar-refractivity contribution in [3.05, 3.63) is 24.3 Å². The van der Waals surface area contributed by atoms with Gasteiger partial charge in [-0.2, -0.15) is 0 Å². The van der Waals surface area contributed by atoms with Crippen LogP contribution in [0.5, 0.6) is 0 Å². The van der Waals surface area contributed by atoms with Crippen molar-refractivity contribution < 1.29 is 14.9 Å². The molecule has 0 bridgehead atoms. The minimum atomic E-state index is -0.494. The molecule has 1 atom stereocenters. The highest BCUT2D eigenvalue weighted by Gasteiger charge is 2.14. The van der Waals surface area contributed by atoms with Crippen LogP contribution >= 0.6 is 0 Å². The number of hydrogen-bond acceptors (Lipinski definition) is 3. The molecule has 1 aliphatic rings. The molecule has 2 N–H and O–H groups in total. The van der Waals surface area contributed by atoms with Gasteiger partial charge >= 0.3 is 0 Å². The van der Waals surface area contributed by atoms with Crippen LogP contribution < -0.4 is 0 Å². The van der Waals surface area contributed by atoms with E-state index in [9.17, 15) is 5.11 Å². The molecule has 3 heteroatoms. The molecule has 0 aromatic heterocycles. The third-order valence-corrected chi connectivity index (χ3v) is 1.75. The number of allylic oxidation sites excluding steroid dienone is 2. The predicted molar refractivity (Wildman–Crippen MR) is 45.7 cm³/mol. The maximum Gasteiger partial charge on any atom is 0.0870 e. The van der Waals surface area contributed by atoms with Crippen LogP contribution in [-0.2, 0) is 4.74 Å². The number of rotatable bonds is 5. The summed E-state index contributed by atoms with van der Waals surface area (Å²) in [4.78, 5) is 0. The summed E-state index contributed by atoms with van der Waals surface area (Å²) in [5.41, 5.74) is 0. The maximum atomic E-state index is 9.47. The lowest BCUT2D eigenvalue weighted by atomic mass is 10.1. The molecule has 0 fully saturated rings. The second kappa shape index (κ2) is 5.09. The SMILES string of the molecule is OCCOCC(O)C1C=CC=C1. The lowest BCUT2D eigenvalue weighted by Crippen LogP contribution is -2.23. The van der Waals surface area contributed by atoms with Crippen molar-refractivity contribution >= 4 is 0 Å². The fraction of sp³-hybridized carbons (Fsp3) is 0.556. The quantitative estimate of drug-likeness (QED) is 0.575. The molecule has 12 heavy (non-hydrogen) atoms. The van der Waals surface area contributed by atoms with Crippen LogP contribution in [0.3, 0.4) is 0 Å². The van der Waals surface area contributed by atoms with Crippen molar-refractivity contribution in [2.75, 3.05) is 19.8 Å². The van der Waals surface area contributed by atoms with Crippen molar-refractivity contribution in [1.29, 1.82) is 0 Å². The molecule has 0 heterocycles. The molecule has 0 aromatic rings. The van der Waals surface area contributed by atoms with Crippen molar-refractivity contribution in [2.45, 2.75) is 6.10 Å². The minimum absolute atomic E-state index is 0.00304. The van der Waals surface area contributed by atoms with E-state index in [1.165, 1.54) is 0 Å². The van der Waals surface area contributed by atoms with Crippen LogP contribution in [0.4, 0.5) is 0 Å². The van der Waals surface area contributed by atoms with Gasteiger partial charge in [0, 0.05) is 5.92 Å². The molecule has 1 rings (SSSR count). The summed E-state index contributed by atoms with van der Waals surface area (Å²) in [6.07, 6.45) is 7.16. The molecule has 0 aliphatic heterocycles. The van der Waals surface area contributed by atoms with Crippen LogP contribution in [0.2, 0.25) is 0 Å². The van der Waals surface area contributed by atoms with E-state index in [4.69, 9.17) is 9.84 Å². The van der Waals surface area contributed by atoms with E-state index in [2.05, 4.69) is 0 Å². The van der Waals surface area contributed by atoms with E-state index in [1.807, 2.05) is 24.3 Å². The van der Waals surface area contributed by atoms with E-state index in [1.54, 1.807) is 0 Å². The Morgan fingerprint density at radius 1 is 1.33 bits per heavy atom. The van der Waals surface area contributed by atoms with E-state index >= 15 is 0 Å². The third kappa shape index (κ3) is 2.77. The van der Waals surface area contributed by atoms with Gasteiger partial charge in [-0.1, -0.05) is 24.3 Å². The molecule has 0 amide bonds. The Kier molecular flexibility index (Phi) is 4.00. The first-order chi connectivity index (χ1) is 5.84. The maximum absolute atomic E-state index is 9.47. The van der Waals surface area contributed by atoms with Gasteiger partial charge in [0.25, 0.3) is 0 Å². The molecule has 0 spiro atoms. The van der Waals surface area contributed by atoms with Crippen LogP contribution in [0, 0.1) is 5.92 Å². The van der Waals surface area contributed by atoms with Crippen LogP contribution in [0.1, 0.15) is 0 Å². The molecule has 68 valence electrons. The number of aliphatic hydroxyl groups excluding tert-OH is 2. The first kappa shape index (κ1) is 9.45. The standard InChI is InChI=1S/C9H14O3/c10-5-6-12-7-9(11)8-3-1-2-4-8/h1-4,8-11H,5-7H2. The highest BCUT2D eigenvalue weighted by atomic mass is 16.5. The van der Waals surface area contributed by atoms with Crippen LogP contribution in [0.25, 0.3) is 0 Å². The van der Waals surface area contributed by atoms with E-state index in [0.29, 0.717) is 0 Å². The zero-order valence-corrected chi connectivity index (χ0v) is 6.89. The summed E-state index contributed by atoms with van der Waals surface area (Å²) in [5, 5.41) is 17.9. The molecular formula is C9H14O3. The highest BCUT2D eigenvalue weighted by Crippen LogP contribution is 2.13. The Bertz CT molecular complexity index is 163. The Balaban J connectivity index is 2.15. The summed E-state index contributed by atoms with van der Waals surface area (Å²) in [5.74, 6) is 0.0729. The van der Waals surface area contributed by atoms with Gasteiger partial charge in [0.15, 0.2) is 0 Å². The van der Waals surface area contributed by atoms with Gasteiger partial charge in [-0.05, 0) is 0 Å². The highest BCUT2D eigenvalue weighted by molar-refractivity contribution is 5.18. The molecule has 0 saturated heterocycles. The van der Waals surface area contributed by atoms with Gasteiger partial charge in [-0.3, -0.25) is 0 Å². The van der Waals surface area contributed by atoms with Crippen LogP contribution in [-0.4, -0.2) is 36.1 Å². The summed E-state index contributed by atoms with van der Waals surface area (Å²) >= 11 is 0. The number of ether oxygens (including phenoxy) is 1. The second-order valence-electron chi connectivity index (χ2n) is 2.71. The lowest BCUT2D eigenvalue weighted by Gasteiger charge is -2.14. The van der Waals surface area contributed by atoms with E-state index < -0.39 is 6.10 Å². The Labute approximate surface area is 72.0 Å². The van der Waals surface area contributed by atoms with Gasteiger partial charge in [0.1, 0.15) is 0 Å². The zero-order chi connectivity index (χ0) is 8.81. The van der Waals surface area contributed by atoms with Gasteiger partial charge in [0.2, 0.25) is 0 Å². The van der Waals surface area contributed by atoms with Gasteiger partial charge in [0.05, 0.1) is 25.9 Å². The monoisotopic (exact) mass is 170 g/mol. The lowest BCUT2D eigenvalue weighted by molar-refractivity contribution is 0.0114. The largest absolute Gasteiger partial charge is 0.394 e. The fourth-order valence-electron chi connectivity index (χ4n) is 1.09. The Morgan fingerprint density at radius 2 is 2.00 bits per heavy atom. The summed E-state index contributed by atoms with van der Waals surface area (Å²) in [6.45, 7) is 0.570. The molecular weight excluding hydrogens is 156 g/mol.